The number of nitrogens with two attached hydrogens (primary N) is 1. The van der Waals surface area contributed by atoms with E-state index >= 15 is 0 Å². The van der Waals surface area contributed by atoms with Crippen LogP contribution in [0.5, 0.6) is 0 Å². The molecule has 1 aliphatic rings. The minimum atomic E-state index is -0.181. The summed E-state index contributed by atoms with van der Waals surface area (Å²) < 4.78 is 0. The molecule has 0 spiro atoms. The van der Waals surface area contributed by atoms with Gasteiger partial charge in [-0.2, -0.15) is 0 Å². The molecule has 3 rings (SSSR count). The second-order valence-corrected chi connectivity index (χ2v) is 9.12. The molecule has 136 valence electrons. The molecule has 2 aromatic rings. The van der Waals surface area contributed by atoms with E-state index in [0.717, 1.165) is 16.9 Å². The number of halogens is 1. The summed E-state index contributed by atoms with van der Waals surface area (Å²) in [6.45, 7) is 2.19. The summed E-state index contributed by atoms with van der Waals surface area (Å²) in [4.78, 5) is 14.2. The van der Waals surface area contributed by atoms with E-state index < -0.39 is 0 Å². The molecule has 2 nitrogen and oxygen atoms in total. The van der Waals surface area contributed by atoms with E-state index in [1.807, 2.05) is 48.2 Å². The van der Waals surface area contributed by atoms with Crippen molar-refractivity contribution >= 4 is 46.5 Å². The Balaban J connectivity index is 1.75. The fourth-order valence-electron chi connectivity index (χ4n) is 2.92. The SMILES string of the molecule is CCCCSc1cccc(C2=C(N)SC(Cc3cccc(Cl)c3)C2=O)c1. The molecule has 1 heterocycles. The Morgan fingerprint density at radius 3 is 2.77 bits per heavy atom. The van der Waals surface area contributed by atoms with Gasteiger partial charge in [0, 0.05) is 9.92 Å². The predicted molar refractivity (Wildman–Crippen MR) is 115 cm³/mol. The molecular weight excluding hydrogens is 382 g/mol. The van der Waals surface area contributed by atoms with Crippen molar-refractivity contribution in [3.63, 3.8) is 0 Å². The number of allylic oxidation sites excluding steroid dienone is 1. The first-order valence-electron chi connectivity index (χ1n) is 8.76. The monoisotopic (exact) mass is 403 g/mol. The van der Waals surface area contributed by atoms with Crippen LogP contribution in [0.15, 0.2) is 58.5 Å². The van der Waals surface area contributed by atoms with Gasteiger partial charge in [-0.1, -0.05) is 61.0 Å². The third kappa shape index (κ3) is 4.67. The van der Waals surface area contributed by atoms with Crippen molar-refractivity contribution in [2.24, 2.45) is 5.73 Å². The maximum Gasteiger partial charge on any atom is 0.179 e. The fraction of sp³-hybridized carbons (Fsp3) is 0.286. The average molecular weight is 404 g/mol. The van der Waals surface area contributed by atoms with Crippen LogP contribution in [0.4, 0.5) is 0 Å². The summed E-state index contributed by atoms with van der Waals surface area (Å²) >= 11 is 9.35. The number of carbonyl (C=O) groups excluding carboxylic acids is 1. The molecule has 0 saturated carbocycles. The van der Waals surface area contributed by atoms with Crippen molar-refractivity contribution in [2.45, 2.75) is 36.3 Å². The van der Waals surface area contributed by atoms with Gasteiger partial charge in [0.25, 0.3) is 0 Å². The highest BCUT2D eigenvalue weighted by Crippen LogP contribution is 2.39. The molecule has 2 aromatic carbocycles. The van der Waals surface area contributed by atoms with Gasteiger partial charge in [-0.3, -0.25) is 4.79 Å². The molecule has 0 bridgehead atoms. The van der Waals surface area contributed by atoms with Crippen LogP contribution in [-0.4, -0.2) is 16.8 Å². The molecular formula is C21H22ClNOS2. The predicted octanol–water partition coefficient (Wildman–Crippen LogP) is 5.79. The van der Waals surface area contributed by atoms with Gasteiger partial charge in [-0.05, 0) is 54.0 Å². The summed E-state index contributed by atoms with van der Waals surface area (Å²) in [6, 6.07) is 15.8. The highest BCUT2D eigenvalue weighted by Gasteiger charge is 2.33. The van der Waals surface area contributed by atoms with Gasteiger partial charge >= 0.3 is 0 Å². The second-order valence-electron chi connectivity index (χ2n) is 6.27. The zero-order chi connectivity index (χ0) is 18.5. The summed E-state index contributed by atoms with van der Waals surface area (Å²) in [7, 11) is 0. The fourth-order valence-corrected chi connectivity index (χ4v) is 5.33. The van der Waals surface area contributed by atoms with E-state index in [-0.39, 0.29) is 11.0 Å². The Labute approximate surface area is 168 Å². The van der Waals surface area contributed by atoms with Crippen molar-refractivity contribution < 1.29 is 4.79 Å². The molecule has 1 aliphatic heterocycles. The molecule has 0 amide bonds. The van der Waals surface area contributed by atoms with Crippen molar-refractivity contribution in [1.29, 1.82) is 0 Å². The lowest BCUT2D eigenvalue weighted by atomic mass is 9.98. The Hall–Kier alpha value is -1.36. The second kappa shape index (κ2) is 9.03. The van der Waals surface area contributed by atoms with Crippen LogP contribution in [0.3, 0.4) is 0 Å². The van der Waals surface area contributed by atoms with Gasteiger partial charge < -0.3 is 5.73 Å². The number of rotatable bonds is 7. The smallest absolute Gasteiger partial charge is 0.179 e. The maximum absolute atomic E-state index is 13.0. The molecule has 0 aliphatic carbocycles. The first-order chi connectivity index (χ1) is 12.6. The van der Waals surface area contributed by atoms with Gasteiger partial charge in [0.15, 0.2) is 5.78 Å². The van der Waals surface area contributed by atoms with Gasteiger partial charge in [-0.15, -0.1) is 11.8 Å². The Morgan fingerprint density at radius 1 is 1.19 bits per heavy atom. The van der Waals surface area contributed by atoms with Gasteiger partial charge in [0.1, 0.15) is 0 Å². The van der Waals surface area contributed by atoms with Crippen LogP contribution < -0.4 is 5.73 Å². The van der Waals surface area contributed by atoms with Crippen LogP contribution in [0.1, 0.15) is 30.9 Å². The molecule has 2 N–H and O–H groups in total. The van der Waals surface area contributed by atoms with E-state index in [9.17, 15) is 4.79 Å². The lowest BCUT2D eigenvalue weighted by molar-refractivity contribution is -0.113. The van der Waals surface area contributed by atoms with Gasteiger partial charge in [0.2, 0.25) is 0 Å². The van der Waals surface area contributed by atoms with Crippen LogP contribution in [0.25, 0.3) is 5.57 Å². The molecule has 0 saturated heterocycles. The molecule has 26 heavy (non-hydrogen) atoms. The molecule has 0 fully saturated rings. The molecule has 1 atom stereocenters. The summed E-state index contributed by atoms with van der Waals surface area (Å²) in [5.41, 5.74) is 8.89. The number of hydrogen-bond acceptors (Lipinski definition) is 4. The quantitative estimate of drug-likeness (QED) is 0.469. The van der Waals surface area contributed by atoms with E-state index in [1.165, 1.54) is 29.5 Å². The van der Waals surface area contributed by atoms with Crippen molar-refractivity contribution in [3.05, 3.63) is 69.7 Å². The van der Waals surface area contributed by atoms with Crippen molar-refractivity contribution in [1.82, 2.24) is 0 Å². The Bertz CT molecular complexity index is 834. The van der Waals surface area contributed by atoms with Crippen LogP contribution >= 0.6 is 35.1 Å². The summed E-state index contributed by atoms with van der Waals surface area (Å²) in [6.07, 6.45) is 3.01. The van der Waals surface area contributed by atoms with E-state index in [1.54, 1.807) is 0 Å². The third-order valence-electron chi connectivity index (χ3n) is 4.25. The van der Waals surface area contributed by atoms with Crippen molar-refractivity contribution in [3.8, 4) is 0 Å². The zero-order valence-electron chi connectivity index (χ0n) is 14.7. The molecule has 0 radical (unpaired) electrons. The van der Waals surface area contributed by atoms with Crippen molar-refractivity contribution in [2.75, 3.05) is 5.75 Å². The number of ketones is 1. The van der Waals surface area contributed by atoms with Gasteiger partial charge in [0.05, 0.1) is 15.9 Å². The van der Waals surface area contributed by atoms with E-state index in [0.29, 0.717) is 22.0 Å². The normalized spacial score (nSPS) is 17.2. The largest absolute Gasteiger partial charge is 0.393 e. The lowest BCUT2D eigenvalue weighted by Gasteiger charge is -2.09. The first kappa shape index (κ1) is 19.4. The number of carbonyl (C=O) groups is 1. The number of hydrogen-bond donors (Lipinski definition) is 1. The maximum atomic E-state index is 13.0. The van der Waals surface area contributed by atoms with Gasteiger partial charge in [-0.25, -0.2) is 0 Å². The van der Waals surface area contributed by atoms with Crippen LogP contribution in [0.2, 0.25) is 5.02 Å². The third-order valence-corrected chi connectivity index (χ3v) is 6.69. The minimum absolute atomic E-state index is 0.114. The number of unbranched alkanes of at least 4 members (excludes halogenated alkanes) is 1. The Morgan fingerprint density at radius 2 is 2.00 bits per heavy atom. The standard InChI is InChI=1S/C21H22ClNOS2/c1-2-3-10-25-17-9-5-7-15(13-17)19-20(24)18(26-21(19)23)12-14-6-4-8-16(22)11-14/h4-9,11,13,18H,2-3,10,12,23H2,1H3. The number of benzene rings is 2. The van der Waals surface area contributed by atoms with E-state index in [4.69, 9.17) is 17.3 Å². The lowest BCUT2D eigenvalue weighted by Crippen LogP contribution is -2.16. The van der Waals surface area contributed by atoms with Crippen LogP contribution in [0, 0.1) is 0 Å². The molecule has 1 unspecified atom stereocenters. The minimum Gasteiger partial charge on any atom is -0.393 e. The highest BCUT2D eigenvalue weighted by atomic mass is 35.5. The topological polar surface area (TPSA) is 43.1 Å². The summed E-state index contributed by atoms with van der Waals surface area (Å²) in [5, 5.41) is 1.13. The summed E-state index contributed by atoms with van der Waals surface area (Å²) in [5.74, 6) is 1.21. The number of Topliss-reactive ketones (excluding diaryl/α,β-unsaturated/α-hetero) is 1. The van der Waals surface area contributed by atoms with Crippen LogP contribution in [-0.2, 0) is 11.2 Å². The highest BCUT2D eigenvalue weighted by molar-refractivity contribution is 8.05. The molecule has 0 aromatic heterocycles. The number of thioether (sulfide) groups is 2. The average Bonchev–Trinajstić information content (AvgIpc) is 2.89. The van der Waals surface area contributed by atoms with E-state index in [2.05, 4.69) is 19.1 Å². The zero-order valence-corrected chi connectivity index (χ0v) is 17.1. The first-order valence-corrected chi connectivity index (χ1v) is 11.0. The Kier molecular flexibility index (Phi) is 6.74. The molecule has 5 heteroatoms.